The number of carbonyl (C=O) groups excluding carboxylic acids is 1. The summed E-state index contributed by atoms with van der Waals surface area (Å²) in [5.41, 5.74) is 1.80. The number of amides is 1. The first-order chi connectivity index (χ1) is 14.5. The number of aromatic nitrogens is 4. The smallest absolute Gasteiger partial charge is 0.276 e. The molecule has 0 unspecified atom stereocenters. The second-order valence-corrected chi connectivity index (χ2v) is 7.63. The molecule has 0 saturated carbocycles. The van der Waals surface area contributed by atoms with Crippen molar-refractivity contribution in [3.63, 3.8) is 0 Å². The van der Waals surface area contributed by atoms with Gasteiger partial charge >= 0.3 is 0 Å². The number of β-amino-alcohol motifs (C(OH)–C–C–N with tert-alkyl or cyclic N) is 1. The van der Waals surface area contributed by atoms with Crippen LogP contribution in [-0.4, -0.2) is 55.3 Å². The minimum Gasteiger partial charge on any atom is -0.391 e. The highest BCUT2D eigenvalue weighted by Crippen LogP contribution is 2.24. The fourth-order valence-electron chi connectivity index (χ4n) is 3.27. The van der Waals surface area contributed by atoms with E-state index in [1.165, 1.54) is 6.20 Å². The fourth-order valence-corrected chi connectivity index (χ4v) is 3.39. The number of nitrogens with one attached hydrogen (secondary N) is 3. The van der Waals surface area contributed by atoms with Gasteiger partial charge < -0.3 is 20.6 Å². The summed E-state index contributed by atoms with van der Waals surface area (Å²) in [7, 11) is 0. The molecule has 156 valence electrons. The van der Waals surface area contributed by atoms with Gasteiger partial charge in [-0.2, -0.15) is 5.10 Å². The van der Waals surface area contributed by atoms with E-state index in [2.05, 4.69) is 30.8 Å². The number of aliphatic hydroxyl groups is 1. The summed E-state index contributed by atoms with van der Waals surface area (Å²) in [4.78, 5) is 23.6. The van der Waals surface area contributed by atoms with Crippen LogP contribution in [0.15, 0.2) is 36.5 Å². The van der Waals surface area contributed by atoms with Gasteiger partial charge in [0.1, 0.15) is 0 Å². The Morgan fingerprint density at radius 2 is 2.07 bits per heavy atom. The van der Waals surface area contributed by atoms with Crippen LogP contribution in [0.2, 0.25) is 5.02 Å². The van der Waals surface area contributed by atoms with Crippen molar-refractivity contribution in [2.75, 3.05) is 23.7 Å². The lowest BCUT2D eigenvalue weighted by molar-refractivity contribution is 0.0469. The van der Waals surface area contributed by atoms with Gasteiger partial charge in [-0.15, -0.1) is 0 Å². The van der Waals surface area contributed by atoms with Gasteiger partial charge in [0, 0.05) is 35.6 Å². The maximum Gasteiger partial charge on any atom is 0.276 e. The van der Waals surface area contributed by atoms with Crippen molar-refractivity contribution in [3.8, 4) is 0 Å². The number of H-pyrrole nitrogens is 1. The number of likely N-dealkylation sites (tertiary alicyclic amines) is 1. The maximum absolute atomic E-state index is 13.1. The van der Waals surface area contributed by atoms with Crippen molar-refractivity contribution < 1.29 is 9.90 Å². The molecule has 10 heteroatoms. The van der Waals surface area contributed by atoms with Crippen molar-refractivity contribution in [1.82, 2.24) is 25.1 Å². The van der Waals surface area contributed by atoms with Crippen LogP contribution >= 0.6 is 11.6 Å². The van der Waals surface area contributed by atoms with Crippen molar-refractivity contribution >= 4 is 40.6 Å². The maximum atomic E-state index is 13.1. The van der Waals surface area contributed by atoms with E-state index in [-0.39, 0.29) is 18.1 Å². The van der Waals surface area contributed by atoms with Crippen LogP contribution in [0.25, 0.3) is 0 Å². The van der Waals surface area contributed by atoms with Crippen LogP contribution in [0.5, 0.6) is 0 Å². The van der Waals surface area contributed by atoms with E-state index in [1.54, 1.807) is 29.2 Å². The molecule has 1 saturated heterocycles. The molecule has 1 aliphatic rings. The predicted molar refractivity (Wildman–Crippen MR) is 115 cm³/mol. The highest BCUT2D eigenvalue weighted by atomic mass is 35.5. The third kappa shape index (κ3) is 4.69. The highest BCUT2D eigenvalue weighted by molar-refractivity contribution is 6.30. The molecule has 0 spiro atoms. The van der Waals surface area contributed by atoms with E-state index in [0.29, 0.717) is 41.1 Å². The molecule has 9 nitrogen and oxygen atoms in total. The number of halogens is 1. The molecule has 4 rings (SSSR count). The van der Waals surface area contributed by atoms with Crippen molar-refractivity contribution in [2.24, 2.45) is 0 Å². The molecule has 1 fully saturated rings. The summed E-state index contributed by atoms with van der Waals surface area (Å²) < 4.78 is 0. The van der Waals surface area contributed by atoms with Crippen molar-refractivity contribution in [2.45, 2.75) is 25.9 Å². The van der Waals surface area contributed by atoms with E-state index < -0.39 is 6.10 Å². The van der Waals surface area contributed by atoms with E-state index in [0.717, 1.165) is 12.1 Å². The number of nitrogens with zero attached hydrogens (tertiary/aromatic N) is 4. The number of piperidine rings is 1. The van der Waals surface area contributed by atoms with Crippen molar-refractivity contribution in [3.05, 3.63) is 52.9 Å². The van der Waals surface area contributed by atoms with Crippen LogP contribution in [-0.2, 0) is 0 Å². The number of aliphatic hydroxyl groups excluding tert-OH is 1. The number of carbonyl (C=O) groups is 1. The Balaban J connectivity index is 1.64. The monoisotopic (exact) mass is 427 g/mol. The van der Waals surface area contributed by atoms with Crippen LogP contribution in [0.1, 0.15) is 29.0 Å². The number of anilines is 4. The molecule has 1 aromatic carbocycles. The van der Waals surface area contributed by atoms with Gasteiger partial charge in [-0.05, 0) is 44.0 Å². The molecule has 1 amide bonds. The van der Waals surface area contributed by atoms with Gasteiger partial charge in [0.15, 0.2) is 23.1 Å². The number of benzene rings is 1. The number of hydrogen-bond donors (Lipinski definition) is 4. The molecule has 0 bridgehead atoms. The molecule has 4 N–H and O–H groups in total. The average molecular weight is 428 g/mol. The number of hydrogen-bond acceptors (Lipinski definition) is 7. The first-order valence-corrected chi connectivity index (χ1v) is 10.0. The summed E-state index contributed by atoms with van der Waals surface area (Å²) in [5, 5.41) is 23.8. The summed E-state index contributed by atoms with van der Waals surface area (Å²) >= 11 is 5.97. The quantitative estimate of drug-likeness (QED) is 0.493. The molecule has 0 aliphatic carbocycles. The van der Waals surface area contributed by atoms with Gasteiger partial charge in [-0.1, -0.05) is 11.6 Å². The molecule has 30 heavy (non-hydrogen) atoms. The van der Waals surface area contributed by atoms with E-state index in [1.807, 2.05) is 13.0 Å². The Kier molecular flexibility index (Phi) is 5.82. The zero-order valence-electron chi connectivity index (χ0n) is 16.4. The topological polar surface area (TPSA) is 119 Å². The molecule has 1 aliphatic heterocycles. The Morgan fingerprint density at radius 3 is 2.77 bits per heavy atom. The van der Waals surface area contributed by atoms with Gasteiger partial charge in [-0.25, -0.2) is 9.97 Å². The lowest BCUT2D eigenvalue weighted by Gasteiger charge is -2.30. The zero-order chi connectivity index (χ0) is 21.1. The Labute approximate surface area is 178 Å². The number of aryl methyl sites for hydroxylation is 1. The lowest BCUT2D eigenvalue weighted by Crippen LogP contribution is -2.42. The first-order valence-electron chi connectivity index (χ1n) is 9.64. The van der Waals surface area contributed by atoms with Gasteiger partial charge in [0.05, 0.1) is 12.3 Å². The van der Waals surface area contributed by atoms with Gasteiger partial charge in [0.2, 0.25) is 0 Å². The minimum atomic E-state index is -0.521. The molecule has 1 atom stereocenters. The molecular weight excluding hydrogens is 406 g/mol. The summed E-state index contributed by atoms with van der Waals surface area (Å²) in [6.07, 6.45) is 2.41. The van der Waals surface area contributed by atoms with E-state index >= 15 is 0 Å². The Hall–Kier alpha value is -3.17. The average Bonchev–Trinajstić information content (AvgIpc) is 3.14. The van der Waals surface area contributed by atoms with E-state index in [9.17, 15) is 9.90 Å². The third-order valence-electron chi connectivity index (χ3n) is 4.73. The summed E-state index contributed by atoms with van der Waals surface area (Å²) in [6.45, 7) is 2.75. The lowest BCUT2D eigenvalue weighted by atomic mass is 10.1. The minimum absolute atomic E-state index is 0.183. The first kappa shape index (κ1) is 20.1. The van der Waals surface area contributed by atoms with Gasteiger partial charge in [0.25, 0.3) is 5.91 Å². The molecule has 3 aromatic rings. The normalized spacial score (nSPS) is 16.4. The number of aromatic amines is 1. The molecule has 3 heterocycles. The summed E-state index contributed by atoms with van der Waals surface area (Å²) in [5.74, 6) is 1.06. The van der Waals surface area contributed by atoms with E-state index in [4.69, 9.17) is 11.6 Å². The molecular formula is C20H22ClN7O2. The second-order valence-electron chi connectivity index (χ2n) is 7.19. The predicted octanol–water partition coefficient (Wildman–Crippen LogP) is 3.25. The SMILES string of the molecule is Cc1cc(Nc2cnc(C(=O)N3CCC[C@H](O)C3)c(Nc3ccc(Cl)cc3)n2)n[nH]1. The zero-order valence-corrected chi connectivity index (χ0v) is 17.1. The summed E-state index contributed by atoms with van der Waals surface area (Å²) in [6, 6.07) is 8.91. The van der Waals surface area contributed by atoms with Crippen LogP contribution in [0.4, 0.5) is 23.1 Å². The number of rotatable bonds is 5. The Bertz CT molecular complexity index is 1040. The van der Waals surface area contributed by atoms with Crippen LogP contribution in [0, 0.1) is 6.92 Å². The highest BCUT2D eigenvalue weighted by Gasteiger charge is 2.27. The third-order valence-corrected chi connectivity index (χ3v) is 4.98. The Morgan fingerprint density at radius 1 is 1.27 bits per heavy atom. The van der Waals surface area contributed by atoms with Crippen LogP contribution in [0.3, 0.4) is 0 Å². The largest absolute Gasteiger partial charge is 0.391 e. The van der Waals surface area contributed by atoms with Gasteiger partial charge in [-0.3, -0.25) is 9.89 Å². The van der Waals surface area contributed by atoms with Crippen LogP contribution < -0.4 is 10.6 Å². The molecule has 0 radical (unpaired) electrons. The van der Waals surface area contributed by atoms with Crippen molar-refractivity contribution in [1.29, 1.82) is 0 Å². The molecule has 2 aromatic heterocycles. The second kappa shape index (κ2) is 8.68. The fraction of sp³-hybridized carbons (Fsp3) is 0.300. The standard InChI is InChI=1S/C20H22ClN7O2/c1-12-9-16(27-26-12)24-17-10-22-18(20(30)28-8-2-3-15(29)11-28)19(25-17)23-14-6-4-13(21)5-7-14/h4-7,9-10,15,29H,2-3,8,11H2,1H3,(H3,23,24,25,26,27)/t15-/m0/s1.